The molecule has 0 bridgehead atoms. The molecule has 0 aliphatic carbocycles. The number of nitrogens with one attached hydrogen (secondary N) is 3. The van der Waals surface area contributed by atoms with Crippen molar-refractivity contribution in [1.29, 1.82) is 0 Å². The number of guanidine groups is 1. The lowest BCUT2D eigenvalue weighted by molar-refractivity contribution is -0.142. The Labute approximate surface area is 170 Å². The van der Waals surface area contributed by atoms with Gasteiger partial charge < -0.3 is 38.3 Å². The fourth-order valence-corrected chi connectivity index (χ4v) is 2.21. The molecule has 12 nitrogen and oxygen atoms in total. The van der Waals surface area contributed by atoms with Crippen LogP contribution in [0.3, 0.4) is 0 Å². The van der Waals surface area contributed by atoms with Crippen molar-refractivity contribution >= 4 is 29.7 Å². The Morgan fingerprint density at radius 3 is 1.93 bits per heavy atom. The van der Waals surface area contributed by atoms with Crippen molar-refractivity contribution in [2.75, 3.05) is 6.54 Å². The molecule has 0 heterocycles. The Morgan fingerprint density at radius 1 is 0.897 bits per heavy atom. The fourth-order valence-electron chi connectivity index (χ4n) is 2.21. The van der Waals surface area contributed by atoms with Crippen molar-refractivity contribution in [3.05, 3.63) is 0 Å². The third-order valence-corrected chi connectivity index (χ3v) is 4.03. The summed E-state index contributed by atoms with van der Waals surface area (Å²) in [5.74, 6) is -3.29. The highest BCUT2D eigenvalue weighted by Gasteiger charge is 2.29. The average Bonchev–Trinajstić information content (AvgIpc) is 2.61. The number of nitrogens with two attached hydrogens (primary N) is 3. The van der Waals surface area contributed by atoms with Crippen LogP contribution < -0.4 is 33.2 Å². The van der Waals surface area contributed by atoms with E-state index in [0.29, 0.717) is 19.4 Å². The van der Waals surface area contributed by atoms with Gasteiger partial charge in [0.05, 0.1) is 6.04 Å². The molecule has 4 atom stereocenters. The molecule has 29 heavy (non-hydrogen) atoms. The average molecular weight is 415 g/mol. The molecule has 0 aliphatic rings. The van der Waals surface area contributed by atoms with Gasteiger partial charge in [0, 0.05) is 6.54 Å². The highest BCUT2D eigenvalue weighted by molar-refractivity contribution is 5.93. The number of aliphatic imine (C=N–C) groups is 1. The summed E-state index contributed by atoms with van der Waals surface area (Å²) >= 11 is 0. The van der Waals surface area contributed by atoms with Gasteiger partial charge in [0.25, 0.3) is 0 Å². The number of carbonyl (C=O) groups excluding carboxylic acids is 3. The Morgan fingerprint density at radius 2 is 1.45 bits per heavy atom. The largest absolute Gasteiger partial charge is 0.480 e. The van der Waals surface area contributed by atoms with Crippen molar-refractivity contribution in [2.24, 2.45) is 28.1 Å². The first-order chi connectivity index (χ1) is 13.4. The third kappa shape index (κ3) is 10.3. The van der Waals surface area contributed by atoms with Gasteiger partial charge >= 0.3 is 5.97 Å². The third-order valence-electron chi connectivity index (χ3n) is 4.03. The van der Waals surface area contributed by atoms with Gasteiger partial charge in [-0.2, -0.15) is 0 Å². The second-order valence-corrected chi connectivity index (χ2v) is 7.08. The fraction of sp³-hybridized carbons (Fsp3) is 0.706. The Bertz CT molecular complexity index is 619. The maximum atomic E-state index is 12.4. The maximum absolute atomic E-state index is 12.4. The van der Waals surface area contributed by atoms with Crippen molar-refractivity contribution in [2.45, 2.75) is 64.7 Å². The van der Waals surface area contributed by atoms with E-state index in [-0.39, 0.29) is 11.9 Å². The second kappa shape index (κ2) is 12.5. The van der Waals surface area contributed by atoms with Gasteiger partial charge in [0.15, 0.2) is 5.96 Å². The quantitative estimate of drug-likeness (QED) is 0.103. The lowest BCUT2D eigenvalue weighted by Gasteiger charge is -2.25. The molecule has 0 saturated heterocycles. The first-order valence-corrected chi connectivity index (χ1v) is 9.31. The first-order valence-electron chi connectivity index (χ1n) is 9.31. The van der Waals surface area contributed by atoms with Gasteiger partial charge in [-0.15, -0.1) is 0 Å². The molecule has 4 unspecified atom stereocenters. The molecule has 0 radical (unpaired) electrons. The van der Waals surface area contributed by atoms with Gasteiger partial charge in [-0.05, 0) is 32.6 Å². The predicted molar refractivity (Wildman–Crippen MR) is 108 cm³/mol. The number of carboxylic acids is 1. The van der Waals surface area contributed by atoms with Crippen LogP contribution in [0.15, 0.2) is 4.99 Å². The van der Waals surface area contributed by atoms with E-state index >= 15 is 0 Å². The molecule has 0 aromatic carbocycles. The van der Waals surface area contributed by atoms with Crippen LogP contribution in [-0.2, 0) is 19.2 Å². The van der Waals surface area contributed by atoms with Gasteiger partial charge in [-0.1, -0.05) is 13.8 Å². The van der Waals surface area contributed by atoms with E-state index in [1.54, 1.807) is 13.8 Å². The number of carbonyl (C=O) groups is 4. The summed E-state index contributed by atoms with van der Waals surface area (Å²) in [6.45, 7) is 6.50. The summed E-state index contributed by atoms with van der Waals surface area (Å²) in [5, 5.41) is 16.2. The van der Waals surface area contributed by atoms with Crippen LogP contribution in [0.1, 0.15) is 40.5 Å². The normalized spacial score (nSPS) is 14.8. The van der Waals surface area contributed by atoms with Crippen LogP contribution in [0.4, 0.5) is 0 Å². The van der Waals surface area contributed by atoms with Gasteiger partial charge in [0.2, 0.25) is 17.7 Å². The van der Waals surface area contributed by atoms with E-state index in [0.717, 1.165) is 0 Å². The van der Waals surface area contributed by atoms with Crippen molar-refractivity contribution < 1.29 is 24.3 Å². The maximum Gasteiger partial charge on any atom is 0.325 e. The van der Waals surface area contributed by atoms with E-state index in [2.05, 4.69) is 20.9 Å². The molecule has 0 fully saturated rings. The van der Waals surface area contributed by atoms with Crippen molar-refractivity contribution in [3.8, 4) is 0 Å². The van der Waals surface area contributed by atoms with E-state index in [1.165, 1.54) is 13.8 Å². The van der Waals surface area contributed by atoms with Crippen LogP contribution >= 0.6 is 0 Å². The van der Waals surface area contributed by atoms with Crippen LogP contribution in [0, 0.1) is 5.92 Å². The molecule has 0 rings (SSSR count). The molecule has 0 spiro atoms. The summed E-state index contributed by atoms with van der Waals surface area (Å²) in [4.78, 5) is 51.4. The van der Waals surface area contributed by atoms with Gasteiger partial charge in [-0.3, -0.25) is 24.2 Å². The number of nitrogens with zero attached hydrogens (tertiary/aromatic N) is 1. The number of amides is 3. The molecule has 0 saturated carbocycles. The Kier molecular flexibility index (Phi) is 11.3. The molecule has 166 valence electrons. The molecule has 3 amide bonds. The number of hydrogen-bond acceptors (Lipinski definition) is 6. The van der Waals surface area contributed by atoms with E-state index in [9.17, 15) is 19.2 Å². The minimum absolute atomic E-state index is 0.0465. The zero-order valence-corrected chi connectivity index (χ0v) is 17.3. The molecular weight excluding hydrogens is 382 g/mol. The van der Waals surface area contributed by atoms with Crippen molar-refractivity contribution in [3.63, 3.8) is 0 Å². The summed E-state index contributed by atoms with van der Waals surface area (Å²) in [6, 6.07) is -3.86. The minimum atomic E-state index is -1.19. The summed E-state index contributed by atoms with van der Waals surface area (Å²) < 4.78 is 0. The Hall–Kier alpha value is -2.89. The SMILES string of the molecule is CC(NC(=O)C(NC(=O)C(C)NC(=O)C(N)CCCN=C(N)N)C(C)C)C(=O)O. The smallest absolute Gasteiger partial charge is 0.325 e. The molecule has 0 aromatic rings. The summed E-state index contributed by atoms with van der Waals surface area (Å²) in [6.07, 6.45) is 0.811. The molecule has 12 heteroatoms. The highest BCUT2D eigenvalue weighted by Crippen LogP contribution is 2.04. The summed E-state index contributed by atoms with van der Waals surface area (Å²) in [5.41, 5.74) is 16.2. The molecular formula is C17H33N7O5. The predicted octanol–water partition coefficient (Wildman–Crippen LogP) is -2.40. The molecule has 0 aliphatic heterocycles. The first kappa shape index (κ1) is 26.1. The minimum Gasteiger partial charge on any atom is -0.480 e. The molecule has 10 N–H and O–H groups in total. The topological polar surface area (TPSA) is 215 Å². The number of hydrogen-bond donors (Lipinski definition) is 7. The number of rotatable bonds is 12. The van der Waals surface area contributed by atoms with Crippen molar-refractivity contribution in [1.82, 2.24) is 16.0 Å². The Balaban J connectivity index is 4.70. The summed E-state index contributed by atoms with van der Waals surface area (Å²) in [7, 11) is 0. The van der Waals surface area contributed by atoms with E-state index < -0.39 is 47.9 Å². The standard InChI is InChI=1S/C17H33N7O5/c1-8(2)12(15(27)23-10(4)16(28)29)24-13(25)9(3)22-14(26)11(18)6-5-7-21-17(19)20/h8-12H,5-7,18H2,1-4H3,(H,22,26)(H,23,27)(H,24,25)(H,28,29)(H4,19,20,21). The molecule has 0 aromatic heterocycles. The lowest BCUT2D eigenvalue weighted by Crippen LogP contribution is -2.57. The van der Waals surface area contributed by atoms with E-state index in [4.69, 9.17) is 22.3 Å². The number of carboxylic acid groups (broad SMARTS) is 1. The number of aliphatic carboxylic acids is 1. The van der Waals surface area contributed by atoms with Crippen LogP contribution in [0.25, 0.3) is 0 Å². The van der Waals surface area contributed by atoms with Gasteiger partial charge in [-0.25, -0.2) is 0 Å². The second-order valence-electron chi connectivity index (χ2n) is 7.08. The van der Waals surface area contributed by atoms with Crippen LogP contribution in [-0.4, -0.2) is 65.5 Å². The van der Waals surface area contributed by atoms with Crippen LogP contribution in [0.5, 0.6) is 0 Å². The highest BCUT2D eigenvalue weighted by atomic mass is 16.4. The lowest BCUT2D eigenvalue weighted by atomic mass is 10.0. The zero-order valence-electron chi connectivity index (χ0n) is 17.3. The zero-order chi connectivity index (χ0) is 22.7. The monoisotopic (exact) mass is 415 g/mol. The van der Waals surface area contributed by atoms with E-state index in [1.807, 2.05) is 0 Å². The van der Waals surface area contributed by atoms with Crippen LogP contribution in [0.2, 0.25) is 0 Å². The van der Waals surface area contributed by atoms with Gasteiger partial charge in [0.1, 0.15) is 18.1 Å².